The van der Waals surface area contributed by atoms with Crippen LogP contribution in [0.5, 0.6) is 0 Å². The highest BCUT2D eigenvalue weighted by Crippen LogP contribution is 2.29. The minimum absolute atomic E-state index is 0.185. The number of hydrogen-bond donors (Lipinski definition) is 1. The Hall–Kier alpha value is -1.10. The molecule has 2 rings (SSSR count). The van der Waals surface area contributed by atoms with E-state index in [4.69, 9.17) is 0 Å². The highest BCUT2D eigenvalue weighted by atomic mass is 16.3. The molecule has 1 aliphatic carbocycles. The van der Waals surface area contributed by atoms with Gasteiger partial charge in [0.1, 0.15) is 6.10 Å². The molecule has 1 N–H and O–H groups in total. The Labute approximate surface area is 120 Å². The maximum Gasteiger partial charge on any atom is 0.251 e. The van der Waals surface area contributed by atoms with Crippen molar-refractivity contribution < 1.29 is 14.7 Å². The monoisotopic (exact) mass is 282 g/mol. The second kappa shape index (κ2) is 6.57. The number of aliphatic hydroxyl groups is 1. The molecule has 5 nitrogen and oxygen atoms in total. The highest BCUT2D eigenvalue weighted by Gasteiger charge is 2.31. The number of carbonyl (C=O) groups excluding carboxylic acids is 2. The molecule has 0 spiro atoms. The third kappa shape index (κ3) is 3.51. The van der Waals surface area contributed by atoms with E-state index in [2.05, 4.69) is 6.92 Å². The zero-order valence-corrected chi connectivity index (χ0v) is 12.5. The van der Waals surface area contributed by atoms with Crippen molar-refractivity contribution in [2.24, 2.45) is 11.8 Å². The molecule has 114 valence electrons. The van der Waals surface area contributed by atoms with Gasteiger partial charge in [-0.2, -0.15) is 0 Å². The van der Waals surface area contributed by atoms with E-state index in [1.165, 1.54) is 6.92 Å². The molecule has 2 amide bonds. The lowest BCUT2D eigenvalue weighted by Gasteiger charge is -2.38. The summed E-state index contributed by atoms with van der Waals surface area (Å²) in [7, 11) is 0. The Bertz CT molecular complexity index is 354. The standard InChI is InChI=1S/C15H26N2O3/c1-11-3-5-13(6-4-11)15(20)17-9-7-16(8-10-17)14(19)12(2)18/h11-13,18H,3-10H2,1-2H3. The molecular weight excluding hydrogens is 256 g/mol. The number of hydrogen-bond acceptors (Lipinski definition) is 3. The molecule has 2 fully saturated rings. The van der Waals surface area contributed by atoms with Gasteiger partial charge in [0.15, 0.2) is 0 Å². The van der Waals surface area contributed by atoms with Gasteiger partial charge in [-0.25, -0.2) is 0 Å². The Morgan fingerprint density at radius 1 is 1.00 bits per heavy atom. The maximum atomic E-state index is 12.4. The normalized spacial score (nSPS) is 29.1. The lowest BCUT2D eigenvalue weighted by molar-refractivity contribution is -0.146. The smallest absolute Gasteiger partial charge is 0.251 e. The van der Waals surface area contributed by atoms with Gasteiger partial charge in [0, 0.05) is 32.1 Å². The van der Waals surface area contributed by atoms with Gasteiger partial charge in [0.05, 0.1) is 0 Å². The molecule has 1 aliphatic heterocycles. The molecule has 0 aromatic carbocycles. The zero-order chi connectivity index (χ0) is 14.7. The first-order chi connectivity index (χ1) is 9.49. The second-order valence-corrected chi connectivity index (χ2v) is 6.28. The SMILES string of the molecule is CC1CCC(C(=O)N2CCN(C(=O)C(C)O)CC2)CC1. The van der Waals surface area contributed by atoms with Crippen LogP contribution in [-0.2, 0) is 9.59 Å². The largest absolute Gasteiger partial charge is 0.384 e. The van der Waals surface area contributed by atoms with Crippen LogP contribution < -0.4 is 0 Å². The maximum absolute atomic E-state index is 12.4. The molecule has 1 unspecified atom stereocenters. The Balaban J connectivity index is 1.81. The third-order valence-corrected chi connectivity index (χ3v) is 4.63. The number of carbonyl (C=O) groups is 2. The van der Waals surface area contributed by atoms with Crippen molar-refractivity contribution >= 4 is 11.8 Å². The average Bonchev–Trinajstić information content (AvgIpc) is 2.46. The van der Waals surface area contributed by atoms with E-state index >= 15 is 0 Å². The lowest BCUT2D eigenvalue weighted by atomic mass is 9.82. The quantitative estimate of drug-likeness (QED) is 0.817. The molecule has 1 heterocycles. The molecule has 2 aliphatic rings. The molecule has 20 heavy (non-hydrogen) atoms. The average molecular weight is 282 g/mol. The van der Waals surface area contributed by atoms with Gasteiger partial charge in [-0.3, -0.25) is 9.59 Å². The van der Waals surface area contributed by atoms with Gasteiger partial charge in [-0.15, -0.1) is 0 Å². The summed E-state index contributed by atoms with van der Waals surface area (Å²) in [4.78, 5) is 27.7. The summed E-state index contributed by atoms with van der Waals surface area (Å²) in [6, 6.07) is 0. The first kappa shape index (κ1) is 15.3. The van der Waals surface area contributed by atoms with Crippen molar-refractivity contribution in [1.82, 2.24) is 9.80 Å². The summed E-state index contributed by atoms with van der Waals surface area (Å²) in [5, 5.41) is 9.31. The van der Waals surface area contributed by atoms with Crippen molar-refractivity contribution in [3.8, 4) is 0 Å². The molecule has 5 heteroatoms. The second-order valence-electron chi connectivity index (χ2n) is 6.28. The van der Waals surface area contributed by atoms with Crippen molar-refractivity contribution in [3.63, 3.8) is 0 Å². The fraction of sp³-hybridized carbons (Fsp3) is 0.867. The van der Waals surface area contributed by atoms with Crippen LogP contribution in [0.3, 0.4) is 0 Å². The summed E-state index contributed by atoms with van der Waals surface area (Å²) >= 11 is 0. The fourth-order valence-corrected chi connectivity index (χ4v) is 3.18. The van der Waals surface area contributed by atoms with Gasteiger partial charge < -0.3 is 14.9 Å². The van der Waals surface area contributed by atoms with Crippen LogP contribution in [0.2, 0.25) is 0 Å². The fourth-order valence-electron chi connectivity index (χ4n) is 3.18. The van der Waals surface area contributed by atoms with Crippen LogP contribution in [0.1, 0.15) is 39.5 Å². The summed E-state index contributed by atoms with van der Waals surface area (Å²) < 4.78 is 0. The topological polar surface area (TPSA) is 60.9 Å². The predicted octanol–water partition coefficient (Wildman–Crippen LogP) is 0.864. The van der Waals surface area contributed by atoms with Crippen LogP contribution in [-0.4, -0.2) is 59.0 Å². The van der Waals surface area contributed by atoms with Crippen LogP contribution >= 0.6 is 0 Å². The van der Waals surface area contributed by atoms with Crippen molar-refractivity contribution in [2.45, 2.75) is 45.6 Å². The van der Waals surface area contributed by atoms with E-state index in [1.54, 1.807) is 4.90 Å². The summed E-state index contributed by atoms with van der Waals surface area (Å²) in [6.07, 6.45) is 3.37. The van der Waals surface area contributed by atoms with E-state index in [0.29, 0.717) is 26.2 Å². The minimum atomic E-state index is -0.947. The molecule has 0 bridgehead atoms. The third-order valence-electron chi connectivity index (χ3n) is 4.63. The van der Waals surface area contributed by atoms with Gasteiger partial charge in [-0.1, -0.05) is 6.92 Å². The molecule has 0 aromatic heterocycles. The summed E-state index contributed by atoms with van der Waals surface area (Å²) in [6.45, 7) is 6.02. The Kier molecular flexibility index (Phi) is 5.02. The lowest BCUT2D eigenvalue weighted by Crippen LogP contribution is -2.53. The molecule has 1 atom stereocenters. The Morgan fingerprint density at radius 3 is 2.00 bits per heavy atom. The van der Waals surface area contributed by atoms with E-state index in [9.17, 15) is 14.7 Å². The van der Waals surface area contributed by atoms with Crippen LogP contribution in [0, 0.1) is 11.8 Å². The van der Waals surface area contributed by atoms with Crippen LogP contribution in [0.15, 0.2) is 0 Å². The molecule has 0 radical (unpaired) electrons. The zero-order valence-electron chi connectivity index (χ0n) is 12.5. The highest BCUT2D eigenvalue weighted by molar-refractivity contribution is 5.81. The van der Waals surface area contributed by atoms with Crippen LogP contribution in [0.4, 0.5) is 0 Å². The number of piperazine rings is 1. The summed E-state index contributed by atoms with van der Waals surface area (Å²) in [5.41, 5.74) is 0. The number of nitrogens with zero attached hydrogens (tertiary/aromatic N) is 2. The molecule has 0 aromatic rings. The van der Waals surface area contributed by atoms with Gasteiger partial charge >= 0.3 is 0 Å². The number of amides is 2. The van der Waals surface area contributed by atoms with Crippen molar-refractivity contribution in [2.75, 3.05) is 26.2 Å². The van der Waals surface area contributed by atoms with Gasteiger partial charge in [0.2, 0.25) is 5.91 Å². The predicted molar refractivity (Wildman–Crippen MR) is 76.0 cm³/mol. The number of aliphatic hydroxyl groups excluding tert-OH is 1. The number of rotatable bonds is 2. The van der Waals surface area contributed by atoms with E-state index in [0.717, 1.165) is 31.6 Å². The van der Waals surface area contributed by atoms with E-state index < -0.39 is 6.10 Å². The van der Waals surface area contributed by atoms with Crippen molar-refractivity contribution in [3.05, 3.63) is 0 Å². The van der Waals surface area contributed by atoms with Gasteiger partial charge in [0.25, 0.3) is 5.91 Å². The first-order valence-corrected chi connectivity index (χ1v) is 7.74. The van der Waals surface area contributed by atoms with Gasteiger partial charge in [-0.05, 0) is 38.5 Å². The molecule has 1 saturated carbocycles. The first-order valence-electron chi connectivity index (χ1n) is 7.74. The van der Waals surface area contributed by atoms with Crippen molar-refractivity contribution in [1.29, 1.82) is 0 Å². The summed E-state index contributed by atoms with van der Waals surface area (Å²) in [5.74, 6) is 0.967. The molecule has 1 saturated heterocycles. The molecular formula is C15H26N2O3. The van der Waals surface area contributed by atoms with E-state index in [1.807, 2.05) is 4.90 Å². The van der Waals surface area contributed by atoms with E-state index in [-0.39, 0.29) is 17.7 Å². The van der Waals surface area contributed by atoms with Crippen LogP contribution in [0.25, 0.3) is 0 Å². The minimum Gasteiger partial charge on any atom is -0.384 e. The Morgan fingerprint density at radius 2 is 1.50 bits per heavy atom.